The van der Waals surface area contributed by atoms with Crippen molar-refractivity contribution in [2.45, 2.75) is 145 Å². The Morgan fingerprint density at radius 3 is 1.15 bits per heavy atom. The van der Waals surface area contributed by atoms with Gasteiger partial charge in [-0.3, -0.25) is 19.4 Å². The van der Waals surface area contributed by atoms with Crippen molar-refractivity contribution in [1.29, 1.82) is 0 Å². The largest absolute Gasteiger partial charge is 0.490 e. The van der Waals surface area contributed by atoms with Crippen LogP contribution in [0.15, 0.2) is 48.5 Å². The summed E-state index contributed by atoms with van der Waals surface area (Å²) >= 11 is 0. The summed E-state index contributed by atoms with van der Waals surface area (Å²) in [6.45, 7) is 2.41. The first-order valence-corrected chi connectivity index (χ1v) is 20.1. The van der Waals surface area contributed by atoms with E-state index >= 15 is 0 Å². The van der Waals surface area contributed by atoms with E-state index < -0.39 is 12.1 Å². The molecule has 1 unspecified atom stereocenters. The second-order valence-electron chi connectivity index (χ2n) is 16.4. The van der Waals surface area contributed by atoms with Gasteiger partial charge in [0.1, 0.15) is 0 Å². The van der Waals surface area contributed by atoms with Crippen LogP contribution in [0.2, 0.25) is 0 Å². The molecule has 11 heteroatoms. The van der Waals surface area contributed by atoms with E-state index in [0.717, 1.165) is 37.5 Å². The third-order valence-corrected chi connectivity index (χ3v) is 13.3. The van der Waals surface area contributed by atoms with E-state index in [1.165, 1.54) is 77.3 Å². The summed E-state index contributed by atoms with van der Waals surface area (Å²) in [6.07, 6.45) is 12.5. The van der Waals surface area contributed by atoms with Gasteiger partial charge in [-0.2, -0.15) is 13.2 Å². The van der Waals surface area contributed by atoms with Gasteiger partial charge in [0, 0.05) is 49.1 Å². The summed E-state index contributed by atoms with van der Waals surface area (Å²) in [7, 11) is 0. The molecule has 0 aromatic heterocycles. The zero-order valence-electron chi connectivity index (χ0n) is 30.7. The molecule has 2 aromatic carbocycles. The first-order chi connectivity index (χ1) is 25.5. The van der Waals surface area contributed by atoms with Crippen LogP contribution in [0, 0.1) is 11.8 Å². The Balaban J connectivity index is 0.000000568. The van der Waals surface area contributed by atoms with E-state index in [-0.39, 0.29) is 23.9 Å². The lowest BCUT2D eigenvalue weighted by Crippen LogP contribution is -2.40. The topological polar surface area (TPSA) is 102 Å². The van der Waals surface area contributed by atoms with Crippen molar-refractivity contribution in [2.75, 3.05) is 13.1 Å². The lowest BCUT2D eigenvalue weighted by atomic mass is 9.83. The van der Waals surface area contributed by atoms with Crippen LogP contribution in [0.1, 0.15) is 149 Å². The van der Waals surface area contributed by atoms with Gasteiger partial charge in [0.15, 0.2) is 0 Å². The Kier molecular flexibility index (Phi) is 11.8. The number of carboxylic acid groups (broad SMARTS) is 1. The van der Waals surface area contributed by atoms with Crippen molar-refractivity contribution in [3.63, 3.8) is 0 Å². The number of benzene rings is 2. The Morgan fingerprint density at radius 1 is 0.566 bits per heavy atom. The van der Waals surface area contributed by atoms with Crippen LogP contribution in [0.3, 0.4) is 0 Å². The molecule has 4 atom stereocenters. The molecule has 2 aliphatic carbocycles. The number of halogens is 3. The lowest BCUT2D eigenvalue weighted by molar-refractivity contribution is -0.192. The van der Waals surface area contributed by atoms with Gasteiger partial charge in [-0.15, -0.1) is 0 Å². The summed E-state index contributed by atoms with van der Waals surface area (Å²) in [5.74, 6) is -1.12. The SMILES string of the molecule is O=C(CCC(=O)NC1CCC(CCN2[C@@H]3CC[C@H]2c2ccccc23)CC1)NC1CCC(CCN2C3CC[C@@H]2c2ccccc23)CC1.O=C(O)C(F)(F)F. The maximum Gasteiger partial charge on any atom is 0.490 e. The number of carboxylic acids is 1. The molecule has 288 valence electrons. The van der Waals surface area contributed by atoms with Crippen LogP contribution >= 0.6 is 0 Å². The fourth-order valence-electron chi connectivity index (χ4n) is 10.6. The van der Waals surface area contributed by atoms with Gasteiger partial charge in [0.05, 0.1) is 0 Å². The standard InChI is InChI=1S/C40H54N4O2.C2HF3O2/c45-39(41-29-13-9-27(10-14-29)23-25-43-35-17-18-36(43)32-6-2-1-5-31(32)35)21-22-40(46)42-30-15-11-28(12-16-30)24-26-44-37-19-20-38(44)34-8-4-3-7-33(34)37;3-2(4,5)1(6)7/h1-8,27-30,35-38H,9-26H2,(H,41,45)(H,42,46);(H,6,7)/t27?,28?,29?,30?,35-,36+,37-,38?;/m1./s1. The highest BCUT2D eigenvalue weighted by atomic mass is 19.4. The molecule has 2 saturated carbocycles. The molecule has 3 N–H and O–H groups in total. The molecule has 53 heavy (non-hydrogen) atoms. The zero-order valence-corrected chi connectivity index (χ0v) is 30.7. The van der Waals surface area contributed by atoms with Crippen LogP contribution < -0.4 is 10.6 Å². The first kappa shape index (κ1) is 37.9. The highest BCUT2D eigenvalue weighted by Gasteiger charge is 2.44. The monoisotopic (exact) mass is 736 g/mol. The van der Waals surface area contributed by atoms with Crippen LogP contribution in [-0.4, -0.2) is 64.0 Å². The molecule has 0 spiro atoms. The first-order valence-electron chi connectivity index (χ1n) is 20.1. The number of amides is 2. The average molecular weight is 737 g/mol. The van der Waals surface area contributed by atoms with E-state index in [1.54, 1.807) is 22.3 Å². The minimum atomic E-state index is -5.08. The maximum absolute atomic E-state index is 12.7. The van der Waals surface area contributed by atoms with E-state index in [9.17, 15) is 22.8 Å². The minimum Gasteiger partial charge on any atom is -0.475 e. The molecule has 8 rings (SSSR count). The highest BCUT2D eigenvalue weighted by molar-refractivity contribution is 5.84. The van der Waals surface area contributed by atoms with Gasteiger partial charge in [0.25, 0.3) is 0 Å². The van der Waals surface area contributed by atoms with Crippen LogP contribution in [0.4, 0.5) is 13.2 Å². The number of alkyl halides is 3. The van der Waals surface area contributed by atoms with E-state index in [1.807, 2.05) is 0 Å². The lowest BCUT2D eigenvalue weighted by Gasteiger charge is -2.31. The highest BCUT2D eigenvalue weighted by Crippen LogP contribution is 2.54. The molecule has 8 nitrogen and oxygen atoms in total. The fourth-order valence-corrected chi connectivity index (χ4v) is 10.6. The Hall–Kier alpha value is -3.44. The van der Waals surface area contributed by atoms with E-state index in [0.29, 0.717) is 37.0 Å². The van der Waals surface area contributed by atoms with Crippen LogP contribution in [0.25, 0.3) is 0 Å². The number of nitrogens with one attached hydrogen (secondary N) is 2. The molecule has 4 heterocycles. The van der Waals surface area contributed by atoms with Gasteiger partial charge in [-0.05, 0) is 137 Å². The third-order valence-electron chi connectivity index (χ3n) is 13.3. The van der Waals surface area contributed by atoms with Crippen molar-refractivity contribution in [1.82, 2.24) is 20.4 Å². The zero-order chi connectivity index (χ0) is 37.1. The number of hydrogen-bond donors (Lipinski definition) is 3. The summed E-state index contributed by atoms with van der Waals surface area (Å²) in [6, 6.07) is 21.3. The predicted octanol–water partition coefficient (Wildman–Crippen LogP) is 8.31. The molecule has 0 radical (unpaired) electrons. The molecule has 6 aliphatic rings. The van der Waals surface area contributed by atoms with Crippen molar-refractivity contribution in [3.05, 3.63) is 70.8 Å². The van der Waals surface area contributed by atoms with E-state index in [2.05, 4.69) is 69.0 Å². The van der Waals surface area contributed by atoms with Gasteiger partial charge in [-0.25, -0.2) is 4.79 Å². The molecule has 2 saturated heterocycles. The summed E-state index contributed by atoms with van der Waals surface area (Å²) in [5.41, 5.74) is 6.31. The Bertz CT molecular complexity index is 1440. The summed E-state index contributed by atoms with van der Waals surface area (Å²) in [5, 5.41) is 13.6. The van der Waals surface area contributed by atoms with Gasteiger partial charge >= 0.3 is 12.1 Å². The smallest absolute Gasteiger partial charge is 0.475 e. The van der Waals surface area contributed by atoms with Crippen molar-refractivity contribution in [2.24, 2.45) is 11.8 Å². The molecule has 2 aromatic rings. The van der Waals surface area contributed by atoms with Gasteiger partial charge < -0.3 is 15.7 Å². The summed E-state index contributed by atoms with van der Waals surface area (Å²) < 4.78 is 31.7. The second kappa shape index (κ2) is 16.5. The molecular weight excluding hydrogens is 681 g/mol. The van der Waals surface area contributed by atoms with Crippen molar-refractivity contribution >= 4 is 17.8 Å². The number of hydrogen-bond acceptors (Lipinski definition) is 5. The molecule has 4 aliphatic heterocycles. The Morgan fingerprint density at radius 2 is 0.868 bits per heavy atom. The number of nitrogens with zero attached hydrogens (tertiary/aromatic N) is 2. The quantitative estimate of drug-likeness (QED) is 0.215. The number of fused-ring (bicyclic) bond motifs is 10. The number of carbonyl (C=O) groups is 3. The van der Waals surface area contributed by atoms with Crippen LogP contribution in [0.5, 0.6) is 0 Å². The summed E-state index contributed by atoms with van der Waals surface area (Å²) in [4.78, 5) is 39.9. The number of aliphatic carboxylic acids is 1. The molecule has 4 fully saturated rings. The third kappa shape index (κ3) is 8.77. The second-order valence-corrected chi connectivity index (χ2v) is 16.4. The predicted molar refractivity (Wildman–Crippen MR) is 196 cm³/mol. The van der Waals surface area contributed by atoms with Crippen molar-refractivity contribution in [3.8, 4) is 0 Å². The van der Waals surface area contributed by atoms with Gasteiger partial charge in [0.2, 0.25) is 11.8 Å². The van der Waals surface area contributed by atoms with E-state index in [4.69, 9.17) is 9.90 Å². The normalized spacial score (nSPS) is 30.2. The number of rotatable bonds is 11. The minimum absolute atomic E-state index is 0.0479. The average Bonchev–Trinajstić information content (AvgIpc) is 3.92. The fraction of sp³-hybridized carbons (Fsp3) is 0.643. The molecular formula is C42H55F3N4O4. The maximum atomic E-state index is 12.7. The molecule has 4 bridgehead atoms. The van der Waals surface area contributed by atoms with Crippen molar-refractivity contribution < 1.29 is 32.7 Å². The Labute approximate surface area is 311 Å². The van der Waals surface area contributed by atoms with Gasteiger partial charge in [-0.1, -0.05) is 48.5 Å². The van der Waals surface area contributed by atoms with Crippen LogP contribution in [-0.2, 0) is 14.4 Å². The molecule has 2 amide bonds. The number of carbonyl (C=O) groups excluding carboxylic acids is 2.